The van der Waals surface area contributed by atoms with Crippen LogP contribution < -0.4 is 10.6 Å². The molecule has 124 valence electrons. The summed E-state index contributed by atoms with van der Waals surface area (Å²) in [4.78, 5) is 17.6. The molecule has 1 aromatic heterocycles. The fourth-order valence-electron chi connectivity index (χ4n) is 2.00. The van der Waals surface area contributed by atoms with Crippen LogP contribution in [0.4, 0.5) is 0 Å². The number of aryl methyl sites for hydroxylation is 1. The number of hydrogen-bond donors (Lipinski definition) is 2. The van der Waals surface area contributed by atoms with Crippen LogP contribution in [0.15, 0.2) is 34.5 Å². The third kappa shape index (κ3) is 6.33. The summed E-state index contributed by atoms with van der Waals surface area (Å²) in [7, 11) is 0. The van der Waals surface area contributed by atoms with Crippen LogP contribution in [0, 0.1) is 6.92 Å². The van der Waals surface area contributed by atoms with Gasteiger partial charge in [-0.2, -0.15) is 0 Å². The first-order valence-corrected chi connectivity index (χ1v) is 9.68. The molecule has 1 amide bonds. The molecule has 2 N–H and O–H groups in total. The summed E-state index contributed by atoms with van der Waals surface area (Å²) in [5, 5.41) is 9.38. The molecule has 0 spiro atoms. The van der Waals surface area contributed by atoms with Gasteiger partial charge in [-0.05, 0) is 44.2 Å². The molecule has 0 aliphatic heterocycles. The highest BCUT2D eigenvalue weighted by Crippen LogP contribution is 2.23. The number of hydrogen-bond acceptors (Lipinski definition) is 5. The molecule has 2 aromatic rings. The minimum Gasteiger partial charge on any atom is -0.351 e. The predicted octanol–water partition coefficient (Wildman–Crippen LogP) is 3.47. The summed E-state index contributed by atoms with van der Waals surface area (Å²) >= 11 is 3.41. The van der Waals surface area contributed by atoms with Crippen LogP contribution in [0.25, 0.3) is 0 Å². The van der Waals surface area contributed by atoms with E-state index in [9.17, 15) is 4.79 Å². The third-order valence-corrected chi connectivity index (χ3v) is 5.05. The molecule has 1 aromatic carbocycles. The molecule has 0 aliphatic carbocycles. The highest BCUT2D eigenvalue weighted by Gasteiger charge is 2.05. The first-order chi connectivity index (χ1) is 11.2. The average Bonchev–Trinajstić information content (AvgIpc) is 2.98. The van der Waals surface area contributed by atoms with Crippen LogP contribution in [0.3, 0.4) is 0 Å². The highest BCUT2D eigenvalue weighted by molar-refractivity contribution is 7.98. The zero-order valence-electron chi connectivity index (χ0n) is 13.6. The predicted molar refractivity (Wildman–Crippen MR) is 98.3 cm³/mol. The van der Waals surface area contributed by atoms with Gasteiger partial charge in [0, 0.05) is 34.7 Å². The number of carbonyl (C=O) groups is 1. The van der Waals surface area contributed by atoms with Gasteiger partial charge in [0.1, 0.15) is 0 Å². The Bertz CT molecular complexity index is 611. The van der Waals surface area contributed by atoms with E-state index in [0.29, 0.717) is 12.1 Å². The van der Waals surface area contributed by atoms with Gasteiger partial charge in [-0.3, -0.25) is 4.79 Å². The van der Waals surface area contributed by atoms with Crippen molar-refractivity contribution in [3.8, 4) is 0 Å². The van der Waals surface area contributed by atoms with Crippen molar-refractivity contribution in [2.75, 3.05) is 19.6 Å². The standard InChI is InChI=1S/C17H23N3OS2/c1-3-8-18-9-10-19-17(21)14-4-6-16(7-5-14)23-12-15-11-22-13(2)20-15/h4-7,11,18H,3,8-10,12H2,1-2H3,(H,19,21). The number of nitrogens with zero attached hydrogens (tertiary/aromatic N) is 1. The first kappa shape index (κ1) is 18.0. The molecule has 0 saturated heterocycles. The Labute approximate surface area is 146 Å². The summed E-state index contributed by atoms with van der Waals surface area (Å²) in [6.45, 7) is 6.59. The van der Waals surface area contributed by atoms with Crippen molar-refractivity contribution in [2.24, 2.45) is 0 Å². The number of nitrogens with one attached hydrogen (secondary N) is 2. The summed E-state index contributed by atoms with van der Waals surface area (Å²) in [6.07, 6.45) is 1.10. The van der Waals surface area contributed by atoms with E-state index < -0.39 is 0 Å². The van der Waals surface area contributed by atoms with E-state index in [1.807, 2.05) is 31.2 Å². The van der Waals surface area contributed by atoms with Gasteiger partial charge in [-0.15, -0.1) is 23.1 Å². The van der Waals surface area contributed by atoms with Crippen molar-refractivity contribution < 1.29 is 4.79 Å². The Morgan fingerprint density at radius 3 is 2.65 bits per heavy atom. The van der Waals surface area contributed by atoms with Crippen LogP contribution >= 0.6 is 23.1 Å². The second kappa shape index (κ2) is 9.70. The normalized spacial score (nSPS) is 10.7. The van der Waals surface area contributed by atoms with Crippen LogP contribution in [-0.2, 0) is 5.75 Å². The number of aromatic nitrogens is 1. The van der Waals surface area contributed by atoms with Crippen molar-refractivity contribution >= 4 is 29.0 Å². The second-order valence-corrected chi connectivity index (χ2v) is 7.29. The summed E-state index contributed by atoms with van der Waals surface area (Å²) in [6, 6.07) is 7.75. The molecular weight excluding hydrogens is 326 g/mol. The van der Waals surface area contributed by atoms with Gasteiger partial charge in [0.25, 0.3) is 5.91 Å². The maximum atomic E-state index is 12.0. The van der Waals surface area contributed by atoms with E-state index in [1.54, 1.807) is 23.1 Å². The molecule has 0 fully saturated rings. The summed E-state index contributed by atoms with van der Waals surface area (Å²) in [5.74, 6) is 0.842. The highest BCUT2D eigenvalue weighted by atomic mass is 32.2. The maximum Gasteiger partial charge on any atom is 0.251 e. The Morgan fingerprint density at radius 2 is 2.00 bits per heavy atom. The lowest BCUT2D eigenvalue weighted by molar-refractivity contribution is 0.0954. The molecule has 0 atom stereocenters. The summed E-state index contributed by atoms with van der Waals surface area (Å²) in [5.41, 5.74) is 1.81. The molecule has 6 heteroatoms. The van der Waals surface area contributed by atoms with Gasteiger partial charge in [0.05, 0.1) is 10.7 Å². The zero-order chi connectivity index (χ0) is 16.5. The van der Waals surface area contributed by atoms with Crippen LogP contribution in [0.2, 0.25) is 0 Å². The fraction of sp³-hybridized carbons (Fsp3) is 0.412. The van der Waals surface area contributed by atoms with E-state index in [2.05, 4.69) is 27.9 Å². The Balaban J connectivity index is 1.76. The Morgan fingerprint density at radius 1 is 1.22 bits per heavy atom. The minimum atomic E-state index is -0.0185. The van der Waals surface area contributed by atoms with Gasteiger partial charge in [0.15, 0.2) is 0 Å². The van der Waals surface area contributed by atoms with Crippen molar-refractivity contribution in [1.29, 1.82) is 0 Å². The molecule has 1 heterocycles. The molecule has 0 aliphatic rings. The summed E-state index contributed by atoms with van der Waals surface area (Å²) < 4.78 is 0. The SMILES string of the molecule is CCCNCCNC(=O)c1ccc(SCc2csc(C)n2)cc1. The van der Waals surface area contributed by atoms with Crippen LogP contribution in [0.1, 0.15) is 34.4 Å². The Kier molecular flexibility index (Phi) is 7.58. The van der Waals surface area contributed by atoms with Crippen molar-refractivity contribution in [3.05, 3.63) is 45.9 Å². The largest absolute Gasteiger partial charge is 0.351 e. The quantitative estimate of drug-likeness (QED) is 0.538. The zero-order valence-corrected chi connectivity index (χ0v) is 15.2. The van der Waals surface area contributed by atoms with Crippen LogP contribution in [0.5, 0.6) is 0 Å². The first-order valence-electron chi connectivity index (χ1n) is 7.82. The molecule has 0 bridgehead atoms. The molecule has 2 rings (SSSR count). The van der Waals surface area contributed by atoms with Gasteiger partial charge >= 0.3 is 0 Å². The maximum absolute atomic E-state index is 12.0. The monoisotopic (exact) mass is 349 g/mol. The van der Waals surface area contributed by atoms with E-state index in [0.717, 1.165) is 40.9 Å². The third-order valence-electron chi connectivity index (χ3n) is 3.18. The lowest BCUT2D eigenvalue weighted by atomic mass is 10.2. The van der Waals surface area contributed by atoms with E-state index in [1.165, 1.54) is 0 Å². The van der Waals surface area contributed by atoms with Crippen molar-refractivity contribution in [1.82, 2.24) is 15.6 Å². The van der Waals surface area contributed by atoms with Gasteiger partial charge in [0.2, 0.25) is 0 Å². The van der Waals surface area contributed by atoms with E-state index >= 15 is 0 Å². The lowest BCUT2D eigenvalue weighted by Crippen LogP contribution is -2.32. The molecule has 4 nitrogen and oxygen atoms in total. The number of benzene rings is 1. The van der Waals surface area contributed by atoms with Crippen LogP contribution in [-0.4, -0.2) is 30.5 Å². The minimum absolute atomic E-state index is 0.0185. The molecule has 23 heavy (non-hydrogen) atoms. The average molecular weight is 350 g/mol. The Hall–Kier alpha value is -1.37. The smallest absolute Gasteiger partial charge is 0.251 e. The topological polar surface area (TPSA) is 54.0 Å². The van der Waals surface area contributed by atoms with Gasteiger partial charge < -0.3 is 10.6 Å². The number of amides is 1. The second-order valence-electron chi connectivity index (χ2n) is 5.18. The number of thiazole rings is 1. The van der Waals surface area contributed by atoms with Gasteiger partial charge in [-0.25, -0.2) is 4.98 Å². The van der Waals surface area contributed by atoms with Crippen molar-refractivity contribution in [3.63, 3.8) is 0 Å². The number of thioether (sulfide) groups is 1. The lowest BCUT2D eigenvalue weighted by Gasteiger charge is -2.07. The molecular formula is C17H23N3OS2. The molecule has 0 saturated carbocycles. The van der Waals surface area contributed by atoms with Crippen molar-refractivity contribution in [2.45, 2.75) is 30.9 Å². The van der Waals surface area contributed by atoms with Gasteiger partial charge in [-0.1, -0.05) is 6.92 Å². The fourth-order valence-corrected chi connectivity index (χ4v) is 3.51. The number of carbonyl (C=O) groups excluding carboxylic acids is 1. The van der Waals surface area contributed by atoms with E-state index in [4.69, 9.17) is 0 Å². The molecule has 0 radical (unpaired) electrons. The van der Waals surface area contributed by atoms with E-state index in [-0.39, 0.29) is 5.91 Å². The molecule has 0 unspecified atom stereocenters. The number of rotatable bonds is 9.